The summed E-state index contributed by atoms with van der Waals surface area (Å²) in [5, 5.41) is 6.08. The highest BCUT2D eigenvalue weighted by Gasteiger charge is 2.13. The first-order valence-electron chi connectivity index (χ1n) is 9.38. The van der Waals surface area contributed by atoms with E-state index in [2.05, 4.69) is 10.3 Å². The van der Waals surface area contributed by atoms with E-state index in [1.807, 2.05) is 79.7 Å². The van der Waals surface area contributed by atoms with E-state index in [1.54, 1.807) is 5.38 Å². The van der Waals surface area contributed by atoms with Crippen LogP contribution in [0.3, 0.4) is 0 Å². The number of halogens is 1. The number of hydrogen-bond acceptors (Lipinski definition) is 4. The van der Waals surface area contributed by atoms with E-state index in [-0.39, 0.29) is 5.91 Å². The molecule has 0 aliphatic heterocycles. The molecule has 4 nitrogen and oxygen atoms in total. The SMILES string of the molecule is Cc1ccc(NC(=O)c2csc(-c3cccc(OCc4cccc(Cl)c4)c3)n2)cc1. The highest BCUT2D eigenvalue weighted by atomic mass is 35.5. The normalized spacial score (nSPS) is 10.6. The summed E-state index contributed by atoms with van der Waals surface area (Å²) in [6.07, 6.45) is 0. The van der Waals surface area contributed by atoms with Crippen LogP contribution in [-0.2, 0) is 6.61 Å². The van der Waals surface area contributed by atoms with Crippen LogP contribution in [0.4, 0.5) is 5.69 Å². The number of amides is 1. The number of thiazole rings is 1. The van der Waals surface area contributed by atoms with Crippen LogP contribution < -0.4 is 10.1 Å². The Hall–Kier alpha value is -3.15. The van der Waals surface area contributed by atoms with Gasteiger partial charge in [0.1, 0.15) is 23.1 Å². The summed E-state index contributed by atoms with van der Waals surface area (Å²) in [6.45, 7) is 2.43. The Kier molecular flexibility index (Phi) is 6.12. The molecule has 4 aromatic rings. The third kappa shape index (κ3) is 5.06. The fourth-order valence-electron chi connectivity index (χ4n) is 2.85. The molecule has 0 aliphatic carbocycles. The summed E-state index contributed by atoms with van der Waals surface area (Å²) in [7, 11) is 0. The van der Waals surface area contributed by atoms with Gasteiger partial charge in [-0.25, -0.2) is 4.98 Å². The minimum absolute atomic E-state index is 0.227. The summed E-state index contributed by atoms with van der Waals surface area (Å²) >= 11 is 7.45. The van der Waals surface area contributed by atoms with Gasteiger partial charge < -0.3 is 10.1 Å². The first kappa shape index (κ1) is 20.1. The second-order valence-electron chi connectivity index (χ2n) is 6.80. The molecule has 0 saturated heterocycles. The average Bonchev–Trinajstić information content (AvgIpc) is 3.25. The number of rotatable bonds is 6. The van der Waals surface area contributed by atoms with Crippen molar-refractivity contribution in [3.05, 3.63) is 100 Å². The van der Waals surface area contributed by atoms with E-state index >= 15 is 0 Å². The highest BCUT2D eigenvalue weighted by molar-refractivity contribution is 7.13. The number of anilines is 1. The van der Waals surface area contributed by atoms with Crippen molar-refractivity contribution in [3.8, 4) is 16.3 Å². The maximum absolute atomic E-state index is 12.5. The van der Waals surface area contributed by atoms with Gasteiger partial charge in [0, 0.05) is 21.7 Å². The summed E-state index contributed by atoms with van der Waals surface area (Å²) in [5.74, 6) is 0.503. The third-order valence-electron chi connectivity index (χ3n) is 4.42. The molecule has 0 unspecified atom stereocenters. The molecule has 1 amide bonds. The summed E-state index contributed by atoms with van der Waals surface area (Å²) in [5.41, 5.74) is 4.17. The van der Waals surface area contributed by atoms with Crippen LogP contribution >= 0.6 is 22.9 Å². The maximum Gasteiger partial charge on any atom is 0.275 e. The Morgan fingerprint density at radius 2 is 1.87 bits per heavy atom. The second kappa shape index (κ2) is 9.11. The van der Waals surface area contributed by atoms with E-state index in [4.69, 9.17) is 16.3 Å². The molecular weight excluding hydrogens is 416 g/mol. The van der Waals surface area contributed by atoms with Crippen molar-refractivity contribution < 1.29 is 9.53 Å². The van der Waals surface area contributed by atoms with Crippen molar-refractivity contribution in [1.29, 1.82) is 0 Å². The minimum atomic E-state index is -0.227. The Morgan fingerprint density at radius 3 is 2.67 bits per heavy atom. The molecule has 4 rings (SSSR count). The van der Waals surface area contributed by atoms with Crippen molar-refractivity contribution >= 4 is 34.5 Å². The van der Waals surface area contributed by atoms with Crippen molar-refractivity contribution in [3.63, 3.8) is 0 Å². The number of nitrogens with one attached hydrogen (secondary N) is 1. The topological polar surface area (TPSA) is 51.2 Å². The number of benzene rings is 3. The van der Waals surface area contributed by atoms with Crippen LogP contribution in [0.25, 0.3) is 10.6 Å². The minimum Gasteiger partial charge on any atom is -0.489 e. The number of nitrogens with zero attached hydrogens (tertiary/aromatic N) is 1. The van der Waals surface area contributed by atoms with E-state index in [0.29, 0.717) is 17.3 Å². The van der Waals surface area contributed by atoms with Gasteiger partial charge >= 0.3 is 0 Å². The Bertz CT molecular complexity index is 1170. The van der Waals surface area contributed by atoms with Gasteiger partial charge in [-0.3, -0.25) is 4.79 Å². The lowest BCUT2D eigenvalue weighted by Crippen LogP contribution is -2.12. The lowest BCUT2D eigenvalue weighted by atomic mass is 10.2. The molecule has 3 aromatic carbocycles. The number of carbonyl (C=O) groups is 1. The first-order chi connectivity index (χ1) is 14.6. The molecule has 1 heterocycles. The molecule has 0 spiro atoms. The van der Waals surface area contributed by atoms with E-state index < -0.39 is 0 Å². The lowest BCUT2D eigenvalue weighted by molar-refractivity contribution is 0.102. The van der Waals surface area contributed by atoms with Gasteiger partial charge in [0.25, 0.3) is 5.91 Å². The molecule has 1 aromatic heterocycles. The Morgan fingerprint density at radius 1 is 1.07 bits per heavy atom. The predicted molar refractivity (Wildman–Crippen MR) is 122 cm³/mol. The van der Waals surface area contributed by atoms with E-state index in [9.17, 15) is 4.79 Å². The number of hydrogen-bond donors (Lipinski definition) is 1. The molecule has 6 heteroatoms. The number of aryl methyl sites for hydroxylation is 1. The number of carbonyl (C=O) groups excluding carboxylic acids is 1. The number of aromatic nitrogens is 1. The maximum atomic E-state index is 12.5. The van der Waals surface area contributed by atoms with Gasteiger partial charge in [0.05, 0.1) is 0 Å². The second-order valence-corrected chi connectivity index (χ2v) is 8.10. The first-order valence-corrected chi connectivity index (χ1v) is 10.6. The molecule has 30 heavy (non-hydrogen) atoms. The molecule has 0 atom stereocenters. The zero-order valence-electron chi connectivity index (χ0n) is 16.3. The molecule has 0 radical (unpaired) electrons. The molecule has 0 saturated carbocycles. The van der Waals surface area contributed by atoms with Crippen molar-refractivity contribution in [2.24, 2.45) is 0 Å². The zero-order chi connectivity index (χ0) is 20.9. The van der Waals surface area contributed by atoms with Gasteiger partial charge in [-0.05, 0) is 48.9 Å². The predicted octanol–water partition coefficient (Wildman–Crippen LogP) is 6.60. The van der Waals surface area contributed by atoms with E-state index in [0.717, 1.165) is 33.1 Å². The van der Waals surface area contributed by atoms with Crippen LogP contribution in [0.1, 0.15) is 21.6 Å². The van der Waals surface area contributed by atoms with Crippen molar-refractivity contribution in [2.75, 3.05) is 5.32 Å². The lowest BCUT2D eigenvalue weighted by Gasteiger charge is -2.07. The van der Waals surface area contributed by atoms with Gasteiger partial charge in [0.15, 0.2) is 0 Å². The standard InChI is InChI=1S/C24H19ClN2O2S/c1-16-8-10-20(11-9-16)26-23(28)22-15-30-24(27-22)18-5-3-7-21(13-18)29-14-17-4-2-6-19(25)12-17/h2-13,15H,14H2,1H3,(H,26,28). The van der Waals surface area contributed by atoms with Crippen molar-refractivity contribution in [2.45, 2.75) is 13.5 Å². The molecule has 1 N–H and O–H groups in total. The molecule has 150 valence electrons. The van der Waals surface area contributed by atoms with Crippen LogP contribution in [0.2, 0.25) is 5.02 Å². The monoisotopic (exact) mass is 434 g/mol. The Labute approximate surface area is 184 Å². The van der Waals surface area contributed by atoms with Crippen LogP contribution in [-0.4, -0.2) is 10.9 Å². The zero-order valence-corrected chi connectivity index (χ0v) is 17.8. The summed E-state index contributed by atoms with van der Waals surface area (Å²) in [6, 6.07) is 22.9. The number of ether oxygens (including phenoxy) is 1. The quantitative estimate of drug-likeness (QED) is 0.371. The largest absolute Gasteiger partial charge is 0.489 e. The molecular formula is C24H19ClN2O2S. The molecule has 0 bridgehead atoms. The van der Waals surface area contributed by atoms with Crippen LogP contribution in [0.5, 0.6) is 5.75 Å². The smallest absolute Gasteiger partial charge is 0.275 e. The fourth-order valence-corrected chi connectivity index (χ4v) is 3.86. The van der Waals surface area contributed by atoms with Gasteiger partial charge in [-0.2, -0.15) is 0 Å². The Balaban J connectivity index is 1.44. The highest BCUT2D eigenvalue weighted by Crippen LogP contribution is 2.28. The summed E-state index contributed by atoms with van der Waals surface area (Å²) in [4.78, 5) is 17.0. The van der Waals surface area contributed by atoms with Crippen LogP contribution in [0, 0.1) is 6.92 Å². The van der Waals surface area contributed by atoms with Gasteiger partial charge in [-0.15, -0.1) is 11.3 Å². The van der Waals surface area contributed by atoms with Crippen molar-refractivity contribution in [1.82, 2.24) is 4.98 Å². The van der Waals surface area contributed by atoms with Crippen LogP contribution in [0.15, 0.2) is 78.2 Å². The average molecular weight is 435 g/mol. The van der Waals surface area contributed by atoms with Gasteiger partial charge in [-0.1, -0.05) is 53.6 Å². The van der Waals surface area contributed by atoms with Gasteiger partial charge in [0.2, 0.25) is 0 Å². The molecule has 0 fully saturated rings. The third-order valence-corrected chi connectivity index (χ3v) is 5.55. The summed E-state index contributed by atoms with van der Waals surface area (Å²) < 4.78 is 5.89. The van der Waals surface area contributed by atoms with E-state index in [1.165, 1.54) is 11.3 Å². The molecule has 0 aliphatic rings. The fraction of sp³-hybridized carbons (Fsp3) is 0.0833.